The molecule has 4 heteroatoms. The molecule has 0 radical (unpaired) electrons. The quantitative estimate of drug-likeness (QED) is 0.364. The minimum atomic E-state index is -0.461. The minimum absolute atomic E-state index is 0.0266. The number of rotatable bonds is 0. The number of carbonyl (C=O) groups is 1. The van der Waals surface area contributed by atoms with Crippen molar-refractivity contribution < 1.29 is 14.7 Å². The van der Waals surface area contributed by atoms with E-state index in [2.05, 4.69) is 19.0 Å². The van der Waals surface area contributed by atoms with Crippen LogP contribution >= 0.6 is 0 Å². The van der Waals surface area contributed by atoms with Crippen LogP contribution < -0.4 is 0 Å². The number of hydrogen-bond acceptors (Lipinski definition) is 4. The molecule has 2 aliphatic rings. The lowest BCUT2D eigenvalue weighted by Crippen LogP contribution is -2.53. The fourth-order valence-corrected chi connectivity index (χ4v) is 2.64. The van der Waals surface area contributed by atoms with Crippen LogP contribution in [0.2, 0.25) is 0 Å². The maximum Gasteiger partial charge on any atom is 0.356 e. The van der Waals surface area contributed by atoms with Gasteiger partial charge in [-0.05, 0) is 19.8 Å². The van der Waals surface area contributed by atoms with Crippen LogP contribution in [-0.2, 0) is 9.53 Å². The van der Waals surface area contributed by atoms with Crippen molar-refractivity contribution in [2.45, 2.75) is 39.2 Å². The van der Waals surface area contributed by atoms with Crippen LogP contribution in [0.1, 0.15) is 33.6 Å². The fourth-order valence-electron chi connectivity index (χ4n) is 2.64. The van der Waals surface area contributed by atoms with Crippen LogP contribution in [0.25, 0.3) is 0 Å². The van der Waals surface area contributed by atoms with Crippen LogP contribution in [0, 0.1) is 11.3 Å². The summed E-state index contributed by atoms with van der Waals surface area (Å²) in [7, 11) is 0. The molecule has 0 unspecified atom stereocenters. The van der Waals surface area contributed by atoms with Crippen LogP contribution in [-0.4, -0.2) is 22.5 Å². The van der Waals surface area contributed by atoms with Crippen LogP contribution in [0.4, 0.5) is 0 Å². The van der Waals surface area contributed by atoms with E-state index in [1.54, 1.807) is 0 Å². The second-order valence-corrected chi connectivity index (χ2v) is 4.92. The molecule has 4 nitrogen and oxygen atoms in total. The van der Waals surface area contributed by atoms with Crippen molar-refractivity contribution in [1.29, 1.82) is 0 Å². The molecule has 1 saturated carbocycles. The Hall–Kier alpha value is -1.06. The van der Waals surface area contributed by atoms with Gasteiger partial charge in [0.2, 0.25) is 0 Å². The third kappa shape index (κ3) is 0.885. The summed E-state index contributed by atoms with van der Waals surface area (Å²) in [6.07, 6.45) is 1.70. The van der Waals surface area contributed by atoms with Crippen molar-refractivity contribution >= 4 is 11.7 Å². The maximum atomic E-state index is 11.5. The van der Waals surface area contributed by atoms with Gasteiger partial charge < -0.3 is 9.94 Å². The lowest BCUT2D eigenvalue weighted by atomic mass is 9.70. The topological polar surface area (TPSA) is 58.9 Å². The third-order valence-corrected chi connectivity index (χ3v) is 4.11. The zero-order valence-electron chi connectivity index (χ0n) is 8.70. The lowest BCUT2D eigenvalue weighted by Gasteiger charge is -2.44. The average Bonchev–Trinajstić information content (AvgIpc) is 2.26. The van der Waals surface area contributed by atoms with Crippen LogP contribution in [0.15, 0.2) is 5.16 Å². The zero-order valence-corrected chi connectivity index (χ0v) is 8.70. The highest BCUT2D eigenvalue weighted by molar-refractivity contribution is 6.38. The van der Waals surface area contributed by atoms with Crippen LogP contribution in [0.3, 0.4) is 0 Å². The Bertz CT molecular complexity index is 321. The predicted octanol–water partition coefficient (Wildman–Crippen LogP) is 1.57. The van der Waals surface area contributed by atoms with Gasteiger partial charge in [0.15, 0.2) is 5.71 Å². The molecule has 0 aromatic heterocycles. The van der Waals surface area contributed by atoms with Gasteiger partial charge in [-0.15, -0.1) is 0 Å². The number of ether oxygens (including phenoxy) is 1. The Labute approximate surface area is 82.9 Å². The largest absolute Gasteiger partial charge is 0.454 e. The molecular weight excluding hydrogens is 182 g/mol. The van der Waals surface area contributed by atoms with E-state index in [1.165, 1.54) is 0 Å². The second kappa shape index (κ2) is 2.49. The predicted molar refractivity (Wildman–Crippen MR) is 50.2 cm³/mol. The molecule has 78 valence electrons. The summed E-state index contributed by atoms with van der Waals surface area (Å²) in [6.45, 7) is 6.07. The van der Waals surface area contributed by atoms with Gasteiger partial charge in [0, 0.05) is 11.3 Å². The summed E-state index contributed by atoms with van der Waals surface area (Å²) >= 11 is 0. The van der Waals surface area contributed by atoms with E-state index in [-0.39, 0.29) is 17.0 Å². The summed E-state index contributed by atoms with van der Waals surface area (Å²) in [6, 6.07) is 0. The van der Waals surface area contributed by atoms with Gasteiger partial charge in [0.25, 0.3) is 0 Å². The normalized spacial score (nSPS) is 42.6. The van der Waals surface area contributed by atoms with Crippen molar-refractivity contribution in [3.05, 3.63) is 0 Å². The smallest absolute Gasteiger partial charge is 0.356 e. The van der Waals surface area contributed by atoms with Gasteiger partial charge in [-0.3, -0.25) is 0 Å². The van der Waals surface area contributed by atoms with Crippen LogP contribution in [0.5, 0.6) is 0 Å². The molecule has 0 spiro atoms. The summed E-state index contributed by atoms with van der Waals surface area (Å²) in [4.78, 5) is 11.5. The highest BCUT2D eigenvalue weighted by atomic mass is 16.6. The number of nitrogens with zero attached hydrogens (tertiary/aromatic N) is 1. The van der Waals surface area contributed by atoms with Gasteiger partial charge in [-0.2, -0.15) is 0 Å². The molecule has 0 aromatic rings. The molecule has 2 atom stereocenters. The highest BCUT2D eigenvalue weighted by Crippen LogP contribution is 2.55. The van der Waals surface area contributed by atoms with Crippen molar-refractivity contribution in [2.24, 2.45) is 16.5 Å². The molecule has 1 aliphatic carbocycles. The Morgan fingerprint density at radius 2 is 2.14 bits per heavy atom. The second-order valence-electron chi connectivity index (χ2n) is 4.92. The molecule has 1 N–H and O–H groups in total. The van der Waals surface area contributed by atoms with Crippen molar-refractivity contribution in [3.8, 4) is 0 Å². The Kier molecular flexibility index (Phi) is 1.69. The number of hydrogen-bond donors (Lipinski definition) is 1. The van der Waals surface area contributed by atoms with E-state index in [4.69, 9.17) is 9.94 Å². The van der Waals surface area contributed by atoms with E-state index in [0.29, 0.717) is 0 Å². The molecule has 0 amide bonds. The summed E-state index contributed by atoms with van der Waals surface area (Å²) in [5, 5.41) is 11.9. The summed E-state index contributed by atoms with van der Waals surface area (Å²) in [5.74, 6) is -0.435. The number of fused-ring (bicyclic) bond motifs is 2. The van der Waals surface area contributed by atoms with E-state index < -0.39 is 11.6 Å². The SMILES string of the molecule is CC1(C)[C@@H]2CC[C@@]1(C)OC(=O)/C2=N/O. The van der Waals surface area contributed by atoms with Gasteiger partial charge >= 0.3 is 5.97 Å². The molecule has 0 aromatic carbocycles. The monoisotopic (exact) mass is 197 g/mol. The molecule has 2 fully saturated rings. The Morgan fingerprint density at radius 3 is 2.71 bits per heavy atom. The maximum absolute atomic E-state index is 11.5. The summed E-state index contributed by atoms with van der Waals surface area (Å²) < 4.78 is 5.35. The third-order valence-electron chi connectivity index (χ3n) is 4.11. The first-order chi connectivity index (χ1) is 6.42. The van der Waals surface area contributed by atoms with Crippen molar-refractivity contribution in [1.82, 2.24) is 0 Å². The van der Waals surface area contributed by atoms with E-state index >= 15 is 0 Å². The van der Waals surface area contributed by atoms with Gasteiger partial charge in [-0.1, -0.05) is 19.0 Å². The van der Waals surface area contributed by atoms with Gasteiger partial charge in [0.1, 0.15) is 5.60 Å². The minimum Gasteiger partial charge on any atom is -0.454 e. The molecular formula is C10H15NO3. The molecule has 1 saturated heterocycles. The Balaban J connectivity index is 2.48. The van der Waals surface area contributed by atoms with Gasteiger partial charge in [0.05, 0.1) is 0 Å². The number of esters is 1. The average molecular weight is 197 g/mol. The highest BCUT2D eigenvalue weighted by Gasteiger charge is 2.61. The first-order valence-corrected chi connectivity index (χ1v) is 4.88. The number of carbonyl (C=O) groups excluding carboxylic acids is 1. The van der Waals surface area contributed by atoms with E-state index in [0.717, 1.165) is 12.8 Å². The van der Waals surface area contributed by atoms with Gasteiger partial charge in [-0.25, -0.2) is 4.79 Å². The fraction of sp³-hybridized carbons (Fsp3) is 0.800. The first-order valence-electron chi connectivity index (χ1n) is 4.88. The molecule has 14 heavy (non-hydrogen) atoms. The molecule has 2 rings (SSSR count). The number of oxime groups is 1. The van der Waals surface area contributed by atoms with Crippen molar-refractivity contribution in [3.63, 3.8) is 0 Å². The molecule has 1 heterocycles. The van der Waals surface area contributed by atoms with Crippen molar-refractivity contribution in [2.75, 3.05) is 0 Å². The molecule has 2 bridgehead atoms. The standard InChI is InChI=1S/C10H15NO3/c1-9(2)6-4-5-10(9,3)14-8(12)7(6)11-13/h6,13H,4-5H2,1-3H3/b11-7+/t6-,10-/m1/s1. The van der Waals surface area contributed by atoms with E-state index in [1.807, 2.05) is 6.92 Å². The zero-order chi connectivity index (χ0) is 10.6. The molecule has 1 aliphatic heterocycles. The summed E-state index contributed by atoms with van der Waals surface area (Å²) in [5.41, 5.74) is -0.351. The van der Waals surface area contributed by atoms with E-state index in [9.17, 15) is 4.79 Å². The first kappa shape index (κ1) is 9.49. The lowest BCUT2D eigenvalue weighted by molar-refractivity contribution is -0.165. The Morgan fingerprint density at radius 1 is 1.50 bits per heavy atom.